The van der Waals surface area contributed by atoms with Crippen LogP contribution in [-0.2, 0) is 16.0 Å². The van der Waals surface area contributed by atoms with E-state index < -0.39 is 0 Å². The molecule has 1 aliphatic rings. The highest BCUT2D eigenvalue weighted by atomic mass is 35.5. The average molecular weight is 587 g/mol. The third kappa shape index (κ3) is 6.90. The molecule has 0 radical (unpaired) electrons. The van der Waals surface area contributed by atoms with Gasteiger partial charge in [0.2, 0.25) is 5.91 Å². The van der Waals surface area contributed by atoms with Gasteiger partial charge in [-0.15, -0.1) is 0 Å². The summed E-state index contributed by atoms with van der Waals surface area (Å²) in [4.78, 5) is 29.3. The van der Waals surface area contributed by atoms with E-state index in [9.17, 15) is 9.59 Å². The molecule has 0 spiro atoms. The lowest BCUT2D eigenvalue weighted by Gasteiger charge is -2.34. The van der Waals surface area contributed by atoms with E-state index in [2.05, 4.69) is 13.8 Å². The first kappa shape index (κ1) is 28.4. The second-order valence-corrected chi connectivity index (χ2v) is 11.4. The Morgan fingerprint density at radius 1 is 0.789 bits per heavy atom. The number of carbonyl (C=O) groups is 2. The van der Waals surface area contributed by atoms with Crippen LogP contribution in [0.15, 0.2) is 77.9 Å². The molecular weight excluding hydrogens is 560 g/mol. The molecule has 0 aromatic heterocycles. The van der Waals surface area contributed by atoms with E-state index in [0.29, 0.717) is 37.7 Å². The van der Waals surface area contributed by atoms with Gasteiger partial charge in [0, 0.05) is 30.2 Å². The minimum atomic E-state index is -0.233. The van der Waals surface area contributed by atoms with Crippen LogP contribution in [0.1, 0.15) is 30.5 Å². The fourth-order valence-electron chi connectivity index (χ4n) is 4.51. The van der Waals surface area contributed by atoms with Crippen LogP contribution >= 0.6 is 46.4 Å². The predicted octanol–water partition coefficient (Wildman–Crippen LogP) is 8.69. The van der Waals surface area contributed by atoms with Crippen molar-refractivity contribution in [3.8, 4) is 0 Å². The van der Waals surface area contributed by atoms with Gasteiger partial charge in [0.1, 0.15) is 0 Å². The van der Waals surface area contributed by atoms with E-state index in [1.54, 1.807) is 53.5 Å². The van der Waals surface area contributed by atoms with E-state index in [0.717, 1.165) is 16.7 Å². The maximum absolute atomic E-state index is 13.9. The second-order valence-electron chi connectivity index (χ2n) is 9.75. The molecule has 0 aliphatic carbocycles. The Balaban J connectivity index is 1.72. The number of amides is 1. The van der Waals surface area contributed by atoms with Gasteiger partial charge in [-0.25, -0.2) is 0 Å². The molecule has 1 atom stereocenters. The highest BCUT2D eigenvalue weighted by Crippen LogP contribution is 2.30. The summed E-state index contributed by atoms with van der Waals surface area (Å²) < 4.78 is 0. The summed E-state index contributed by atoms with van der Waals surface area (Å²) >= 11 is 24.6. The van der Waals surface area contributed by atoms with Crippen molar-refractivity contribution < 1.29 is 9.59 Å². The van der Waals surface area contributed by atoms with Crippen molar-refractivity contribution in [2.75, 3.05) is 13.1 Å². The molecule has 1 heterocycles. The lowest BCUT2D eigenvalue weighted by atomic mass is 9.86. The number of nitrogens with zero attached hydrogens (tertiary/aromatic N) is 1. The average Bonchev–Trinajstić information content (AvgIpc) is 2.89. The van der Waals surface area contributed by atoms with Crippen LogP contribution in [0.5, 0.6) is 0 Å². The summed E-state index contributed by atoms with van der Waals surface area (Å²) in [6, 6.07) is 20.4. The van der Waals surface area contributed by atoms with E-state index in [1.807, 2.05) is 30.3 Å². The first-order valence-corrected chi connectivity index (χ1v) is 13.8. The lowest BCUT2D eigenvalue weighted by Crippen LogP contribution is -2.46. The van der Waals surface area contributed by atoms with Gasteiger partial charge in [0.25, 0.3) is 0 Å². The van der Waals surface area contributed by atoms with E-state index in [-0.39, 0.29) is 36.6 Å². The molecule has 3 nitrogen and oxygen atoms in total. The first-order valence-electron chi connectivity index (χ1n) is 12.3. The number of hydrogen-bond acceptors (Lipinski definition) is 2. The third-order valence-corrected chi connectivity index (χ3v) is 8.08. The van der Waals surface area contributed by atoms with Gasteiger partial charge in [-0.2, -0.15) is 0 Å². The van der Waals surface area contributed by atoms with Crippen molar-refractivity contribution in [1.82, 2.24) is 4.90 Å². The van der Waals surface area contributed by atoms with Crippen molar-refractivity contribution in [3.63, 3.8) is 0 Å². The number of benzene rings is 3. The summed E-state index contributed by atoms with van der Waals surface area (Å²) in [6.45, 7) is 4.52. The van der Waals surface area contributed by atoms with Gasteiger partial charge in [-0.05, 0) is 65.4 Å². The third-order valence-electron chi connectivity index (χ3n) is 6.61. The van der Waals surface area contributed by atoms with Crippen LogP contribution in [0, 0.1) is 11.8 Å². The minimum Gasteiger partial charge on any atom is -0.333 e. The highest BCUT2D eigenvalue weighted by molar-refractivity contribution is 6.42. The van der Waals surface area contributed by atoms with Crippen molar-refractivity contribution in [2.24, 2.45) is 11.8 Å². The Labute approximate surface area is 243 Å². The summed E-state index contributed by atoms with van der Waals surface area (Å²) in [5.41, 5.74) is 3.56. The van der Waals surface area contributed by atoms with Crippen molar-refractivity contribution in [1.29, 1.82) is 0 Å². The topological polar surface area (TPSA) is 37.4 Å². The zero-order chi connectivity index (χ0) is 27.4. The van der Waals surface area contributed by atoms with E-state index >= 15 is 0 Å². The number of Topliss-reactive ketones (excluding diaryl/α,β-unsaturated/α-hetero) is 1. The number of ketones is 1. The van der Waals surface area contributed by atoms with Gasteiger partial charge in [0.15, 0.2) is 5.78 Å². The molecule has 3 aromatic carbocycles. The molecule has 4 rings (SSSR count). The smallest absolute Gasteiger partial charge is 0.226 e. The molecule has 1 unspecified atom stereocenters. The van der Waals surface area contributed by atoms with Crippen LogP contribution < -0.4 is 0 Å². The summed E-state index contributed by atoms with van der Waals surface area (Å²) in [5.74, 6) is -0.236. The normalized spacial score (nSPS) is 16.9. The van der Waals surface area contributed by atoms with Crippen LogP contribution in [0.3, 0.4) is 0 Å². The van der Waals surface area contributed by atoms with Gasteiger partial charge in [-0.1, -0.05) is 103 Å². The molecule has 1 aliphatic heterocycles. The highest BCUT2D eigenvalue weighted by Gasteiger charge is 2.34. The van der Waals surface area contributed by atoms with Crippen molar-refractivity contribution in [2.45, 2.75) is 20.3 Å². The Bertz CT molecular complexity index is 1340. The van der Waals surface area contributed by atoms with Crippen LogP contribution in [0.25, 0.3) is 12.2 Å². The molecule has 0 bridgehead atoms. The lowest BCUT2D eigenvalue weighted by molar-refractivity contribution is -0.136. The SMILES string of the molecule is CC(C)C(Cc1ccccc1)C(=O)N1C/C(=C\c2ccc(Cl)c(Cl)c2)C(=O)/C(=C/c2ccc(Cl)c(Cl)c2)C1. The van der Waals surface area contributed by atoms with Crippen LogP contribution in [0.2, 0.25) is 20.1 Å². The molecule has 0 N–H and O–H groups in total. The molecule has 7 heteroatoms. The number of likely N-dealkylation sites (tertiary alicyclic amines) is 1. The summed E-state index contributed by atoms with van der Waals surface area (Å²) in [6.07, 6.45) is 4.17. The maximum atomic E-state index is 13.9. The van der Waals surface area contributed by atoms with Gasteiger partial charge < -0.3 is 4.90 Å². The Morgan fingerprint density at radius 2 is 1.29 bits per heavy atom. The number of hydrogen-bond donors (Lipinski definition) is 0. The molecule has 196 valence electrons. The molecule has 1 saturated heterocycles. The largest absolute Gasteiger partial charge is 0.333 e. The summed E-state index contributed by atoms with van der Waals surface area (Å²) in [5, 5.41) is 1.65. The molecule has 0 saturated carbocycles. The summed E-state index contributed by atoms with van der Waals surface area (Å²) in [7, 11) is 0. The maximum Gasteiger partial charge on any atom is 0.226 e. The Hall–Kier alpha value is -2.56. The molecule has 1 fully saturated rings. The van der Waals surface area contributed by atoms with Crippen molar-refractivity contribution >= 4 is 70.2 Å². The zero-order valence-electron chi connectivity index (χ0n) is 21.1. The number of halogens is 4. The second kappa shape index (κ2) is 12.5. The van der Waals surface area contributed by atoms with Crippen LogP contribution in [-0.4, -0.2) is 29.7 Å². The Kier molecular flexibility index (Phi) is 9.38. The van der Waals surface area contributed by atoms with Crippen LogP contribution in [0.4, 0.5) is 0 Å². The fraction of sp³-hybridized carbons (Fsp3) is 0.226. The molecule has 1 amide bonds. The van der Waals surface area contributed by atoms with Gasteiger partial charge >= 0.3 is 0 Å². The van der Waals surface area contributed by atoms with E-state index in [1.165, 1.54) is 0 Å². The minimum absolute atomic E-state index is 0.0106. The molecule has 3 aromatic rings. The number of piperidine rings is 1. The Morgan fingerprint density at radius 3 is 1.74 bits per heavy atom. The van der Waals surface area contributed by atoms with Crippen molar-refractivity contribution in [3.05, 3.63) is 115 Å². The fourth-order valence-corrected chi connectivity index (χ4v) is 5.13. The number of rotatable bonds is 6. The quantitative estimate of drug-likeness (QED) is 0.271. The standard InChI is InChI=1S/C31H27Cl4NO2/c1-19(2)25(14-20-6-4-3-5-7-20)31(38)36-17-23(12-21-8-10-26(32)28(34)15-21)30(37)24(18-36)13-22-9-11-27(33)29(35)16-22/h3-13,15-16,19,25H,14,17-18H2,1-2H3/b23-12+,24-13+. The predicted molar refractivity (Wildman–Crippen MR) is 159 cm³/mol. The monoisotopic (exact) mass is 585 g/mol. The van der Waals surface area contributed by atoms with Gasteiger partial charge in [-0.3, -0.25) is 9.59 Å². The van der Waals surface area contributed by atoms with Gasteiger partial charge in [0.05, 0.1) is 20.1 Å². The number of carbonyl (C=O) groups excluding carboxylic acids is 2. The molecular formula is C31H27Cl4NO2. The first-order chi connectivity index (χ1) is 18.1. The zero-order valence-corrected chi connectivity index (χ0v) is 24.1. The van der Waals surface area contributed by atoms with E-state index in [4.69, 9.17) is 46.4 Å². The molecule has 38 heavy (non-hydrogen) atoms.